The van der Waals surface area contributed by atoms with E-state index in [1.165, 1.54) is 12.8 Å². The molecule has 0 bridgehead atoms. The molecule has 0 heteroatoms. The number of hydrogen-bond donors (Lipinski definition) is 0. The molecule has 1 radical (unpaired) electrons. The molecule has 0 aromatic rings. The van der Waals surface area contributed by atoms with Gasteiger partial charge in [0, 0.05) is 0 Å². The van der Waals surface area contributed by atoms with E-state index in [9.17, 15) is 0 Å². The van der Waals surface area contributed by atoms with Crippen LogP contribution < -0.4 is 0 Å². The van der Waals surface area contributed by atoms with E-state index in [1.54, 1.807) is 0 Å². The van der Waals surface area contributed by atoms with E-state index in [1.807, 2.05) is 0 Å². The monoisotopic (exact) mass is 57.1 g/mol. The highest BCUT2D eigenvalue weighted by atomic mass is 14.0. The fourth-order valence-corrected chi connectivity index (χ4v) is 0. The van der Waals surface area contributed by atoms with Gasteiger partial charge in [-0.25, -0.2) is 0 Å². The summed E-state index contributed by atoms with van der Waals surface area (Å²) in [5.74, 6) is 0. The molecule has 0 aromatic heterocycles. The Kier molecular flexibility index (Phi) is 1.33. The Bertz CT molecular complexity index is 4.75. The van der Waals surface area contributed by atoms with E-state index in [4.69, 9.17) is 0 Å². The summed E-state index contributed by atoms with van der Waals surface area (Å²) in [6, 6.07) is 0. The largest absolute Gasteiger partial charge is 0.0776 e. The summed E-state index contributed by atoms with van der Waals surface area (Å²) in [7, 11) is 0. The lowest BCUT2D eigenvalue weighted by Gasteiger charge is -1.05. The highest BCUT2D eigenvalue weighted by molar-refractivity contribution is 4.79. The van der Waals surface area contributed by atoms with Gasteiger partial charge in [-0.2, -0.15) is 0 Å². The zero-order valence-corrected chi connectivity index (χ0v) is 1.99. The van der Waals surface area contributed by atoms with Gasteiger partial charge < -0.3 is 0 Å². The van der Waals surface area contributed by atoms with Gasteiger partial charge in [0.25, 0.3) is 0 Å². The SMILES string of the molecule is C.[CH]1CC1. The highest BCUT2D eigenvalue weighted by Crippen LogP contribution is 2.12. The molecule has 0 aromatic carbocycles. The minimum absolute atomic E-state index is 0. The minimum Gasteiger partial charge on any atom is -0.0776 e. The Morgan fingerprint density at radius 1 is 1.25 bits per heavy atom. The molecule has 1 rings (SSSR count). The van der Waals surface area contributed by atoms with Crippen molar-refractivity contribution in [2.24, 2.45) is 0 Å². The quantitative estimate of drug-likeness (QED) is 0.396. The maximum atomic E-state index is 2.25. The van der Waals surface area contributed by atoms with Crippen LogP contribution in [-0.2, 0) is 0 Å². The normalized spacial score (nSPS) is 18.0. The zero-order valence-electron chi connectivity index (χ0n) is 1.99. The molecule has 1 saturated carbocycles. The first kappa shape index (κ1) is 4.00. The lowest BCUT2D eigenvalue weighted by molar-refractivity contribution is 1.50. The third-order valence-corrected chi connectivity index (χ3v) is 0.289. The van der Waals surface area contributed by atoms with E-state index >= 15 is 0 Å². The average molecular weight is 57.1 g/mol. The molecule has 0 atom stereocenters. The van der Waals surface area contributed by atoms with Crippen LogP contribution in [0.25, 0.3) is 0 Å². The Labute approximate surface area is 27.8 Å². The van der Waals surface area contributed by atoms with Crippen molar-refractivity contribution in [3.63, 3.8) is 0 Å². The maximum Gasteiger partial charge on any atom is -0.0386 e. The molecule has 0 nitrogen and oxygen atoms in total. The van der Waals surface area contributed by atoms with Crippen LogP contribution in [0.3, 0.4) is 0 Å². The van der Waals surface area contributed by atoms with E-state index in [0.29, 0.717) is 0 Å². The predicted octanol–water partition coefficient (Wildman–Crippen LogP) is 1.62. The van der Waals surface area contributed by atoms with Gasteiger partial charge in [-0.15, -0.1) is 0 Å². The molecular weight excluding hydrogens is 48.0 g/mol. The van der Waals surface area contributed by atoms with Crippen LogP contribution in [0.15, 0.2) is 0 Å². The van der Waals surface area contributed by atoms with Gasteiger partial charge in [0.15, 0.2) is 0 Å². The first-order valence-electron chi connectivity index (χ1n) is 1.32. The van der Waals surface area contributed by atoms with Crippen molar-refractivity contribution in [3.05, 3.63) is 6.42 Å². The van der Waals surface area contributed by atoms with Gasteiger partial charge >= 0.3 is 0 Å². The molecule has 0 unspecified atom stereocenters. The summed E-state index contributed by atoms with van der Waals surface area (Å²) in [5.41, 5.74) is 0. The number of rotatable bonds is 0. The van der Waals surface area contributed by atoms with Crippen LogP contribution in [-0.4, -0.2) is 0 Å². The Hall–Kier alpha value is 0. The summed E-state index contributed by atoms with van der Waals surface area (Å²) in [4.78, 5) is 0. The van der Waals surface area contributed by atoms with Crippen LogP contribution in [0.4, 0.5) is 0 Å². The molecule has 0 heterocycles. The zero-order chi connectivity index (χ0) is 2.12. The van der Waals surface area contributed by atoms with E-state index in [2.05, 4.69) is 6.42 Å². The average Bonchev–Trinajstić information content (AvgIpc) is 1.46. The van der Waals surface area contributed by atoms with Crippen LogP contribution >= 0.6 is 0 Å². The van der Waals surface area contributed by atoms with Gasteiger partial charge in [-0.05, 0) is 19.3 Å². The predicted molar refractivity (Wildman–Crippen MR) is 20.3 cm³/mol. The van der Waals surface area contributed by atoms with E-state index in [-0.39, 0.29) is 7.43 Å². The Balaban J connectivity index is 0.0000000900. The second-order valence-electron chi connectivity index (χ2n) is 0.866. The van der Waals surface area contributed by atoms with Crippen LogP contribution in [0.2, 0.25) is 0 Å². The van der Waals surface area contributed by atoms with Gasteiger partial charge in [-0.3, -0.25) is 0 Å². The maximum absolute atomic E-state index is 2.25. The fraction of sp³-hybridized carbons (Fsp3) is 0.750. The van der Waals surface area contributed by atoms with Crippen molar-refractivity contribution in [1.29, 1.82) is 0 Å². The summed E-state index contributed by atoms with van der Waals surface area (Å²) in [5, 5.41) is 0. The molecule has 0 N–H and O–H groups in total. The summed E-state index contributed by atoms with van der Waals surface area (Å²) >= 11 is 0. The highest BCUT2D eigenvalue weighted by Gasteiger charge is 1.95. The third kappa shape index (κ3) is 2.00. The lowest BCUT2D eigenvalue weighted by Crippen LogP contribution is -0.898. The van der Waals surface area contributed by atoms with Crippen molar-refractivity contribution in [2.75, 3.05) is 0 Å². The topological polar surface area (TPSA) is 0 Å². The molecule has 0 saturated heterocycles. The molecule has 4 heavy (non-hydrogen) atoms. The second kappa shape index (κ2) is 1.33. The molecule has 1 aliphatic carbocycles. The first-order valence-corrected chi connectivity index (χ1v) is 1.32. The van der Waals surface area contributed by atoms with Crippen LogP contribution in [0, 0.1) is 6.42 Å². The Morgan fingerprint density at radius 3 is 1.50 bits per heavy atom. The molecule has 25 valence electrons. The van der Waals surface area contributed by atoms with Crippen LogP contribution in [0.1, 0.15) is 20.3 Å². The van der Waals surface area contributed by atoms with Crippen molar-refractivity contribution in [2.45, 2.75) is 20.3 Å². The summed E-state index contributed by atoms with van der Waals surface area (Å²) in [6.07, 6.45) is 5.00. The van der Waals surface area contributed by atoms with Gasteiger partial charge in [0.1, 0.15) is 0 Å². The van der Waals surface area contributed by atoms with Crippen molar-refractivity contribution in [1.82, 2.24) is 0 Å². The molecular formula is C4H9. The van der Waals surface area contributed by atoms with Gasteiger partial charge in [-0.1, -0.05) is 7.43 Å². The lowest BCUT2D eigenvalue weighted by atomic mass is 11.0. The number of hydrogen-bond acceptors (Lipinski definition) is 0. The van der Waals surface area contributed by atoms with Crippen molar-refractivity contribution >= 4 is 0 Å². The van der Waals surface area contributed by atoms with Gasteiger partial charge in [0.2, 0.25) is 0 Å². The van der Waals surface area contributed by atoms with E-state index < -0.39 is 0 Å². The standard InChI is InChI=1S/C3H5.CH4/c1-2-3-1;/h1H,2-3H2;1H4. The van der Waals surface area contributed by atoms with Gasteiger partial charge in [0.05, 0.1) is 0 Å². The molecule has 1 fully saturated rings. The summed E-state index contributed by atoms with van der Waals surface area (Å²) < 4.78 is 0. The van der Waals surface area contributed by atoms with E-state index in [0.717, 1.165) is 0 Å². The molecule has 0 aliphatic heterocycles. The third-order valence-electron chi connectivity index (χ3n) is 0.289. The smallest absolute Gasteiger partial charge is 0.0386 e. The minimum atomic E-state index is 0. The van der Waals surface area contributed by atoms with Crippen molar-refractivity contribution in [3.8, 4) is 0 Å². The van der Waals surface area contributed by atoms with Crippen molar-refractivity contribution < 1.29 is 0 Å². The first-order chi connectivity index (χ1) is 1.50. The molecule has 1 aliphatic rings. The molecule has 0 spiro atoms. The molecule has 0 amide bonds. The fourth-order valence-electron chi connectivity index (χ4n) is 0. The summed E-state index contributed by atoms with van der Waals surface area (Å²) in [6.45, 7) is 0. The van der Waals surface area contributed by atoms with Crippen LogP contribution in [0.5, 0.6) is 0 Å². The second-order valence-corrected chi connectivity index (χ2v) is 0.866. The Morgan fingerprint density at radius 2 is 1.50 bits per heavy atom.